The van der Waals surface area contributed by atoms with E-state index in [9.17, 15) is 18.0 Å². The molecule has 1 aromatic heterocycles. The molecule has 0 aliphatic rings. The van der Waals surface area contributed by atoms with E-state index in [4.69, 9.17) is 0 Å². The number of hydrogen-bond acceptors (Lipinski definition) is 5. The molecule has 0 spiro atoms. The Labute approximate surface area is 169 Å². The molecule has 1 atom stereocenters. The minimum atomic E-state index is -3.28. The van der Waals surface area contributed by atoms with Crippen LogP contribution < -0.4 is 5.56 Å². The molecule has 3 aromatic rings. The van der Waals surface area contributed by atoms with Crippen LogP contribution in [0.2, 0.25) is 0 Å². The Kier molecular flexibility index (Phi) is 5.57. The van der Waals surface area contributed by atoms with Crippen LogP contribution >= 0.6 is 0 Å². The van der Waals surface area contributed by atoms with Crippen LogP contribution in [0.4, 0.5) is 0 Å². The highest BCUT2D eigenvalue weighted by atomic mass is 32.2. The quantitative estimate of drug-likeness (QED) is 0.640. The zero-order valence-electron chi connectivity index (χ0n) is 16.8. The fourth-order valence-electron chi connectivity index (χ4n) is 3.18. The van der Waals surface area contributed by atoms with Gasteiger partial charge in [0.05, 0.1) is 22.0 Å². The van der Waals surface area contributed by atoms with E-state index in [1.54, 1.807) is 38.2 Å². The number of fused-ring (bicyclic) bond motifs is 1. The third-order valence-corrected chi connectivity index (χ3v) is 6.23. The van der Waals surface area contributed by atoms with Crippen molar-refractivity contribution in [1.29, 1.82) is 0 Å². The maximum atomic E-state index is 12.8. The first-order valence-electron chi connectivity index (χ1n) is 9.11. The van der Waals surface area contributed by atoms with Crippen molar-refractivity contribution in [2.24, 2.45) is 0 Å². The molecule has 0 fully saturated rings. The smallest absolute Gasteiger partial charge is 0.275 e. The van der Waals surface area contributed by atoms with E-state index in [0.717, 1.165) is 17.2 Å². The van der Waals surface area contributed by atoms with E-state index in [0.29, 0.717) is 11.1 Å². The van der Waals surface area contributed by atoms with E-state index in [-0.39, 0.29) is 28.9 Å². The molecule has 0 aliphatic carbocycles. The van der Waals surface area contributed by atoms with Gasteiger partial charge in [-0.15, -0.1) is 0 Å². The summed E-state index contributed by atoms with van der Waals surface area (Å²) in [6.45, 7) is 3.47. The Hall–Kier alpha value is -3.00. The molecule has 0 bridgehead atoms. The van der Waals surface area contributed by atoms with Crippen LogP contribution in [0, 0.1) is 6.92 Å². The number of nitrogens with zero attached hydrogens (tertiary/aromatic N) is 3. The topological polar surface area (TPSA) is 89.3 Å². The summed E-state index contributed by atoms with van der Waals surface area (Å²) in [5.41, 5.74) is 1.17. The van der Waals surface area contributed by atoms with Gasteiger partial charge in [-0.3, -0.25) is 9.59 Å². The maximum Gasteiger partial charge on any atom is 0.275 e. The zero-order chi connectivity index (χ0) is 21.3. The summed E-state index contributed by atoms with van der Waals surface area (Å²) < 4.78 is 24.4. The molecule has 0 saturated heterocycles. The number of aryl methyl sites for hydroxylation is 1. The highest BCUT2D eigenvalue weighted by Crippen LogP contribution is 2.21. The molecule has 29 heavy (non-hydrogen) atoms. The van der Waals surface area contributed by atoms with Crippen molar-refractivity contribution >= 4 is 26.5 Å². The van der Waals surface area contributed by atoms with Crippen LogP contribution in [0.1, 0.15) is 24.2 Å². The van der Waals surface area contributed by atoms with Gasteiger partial charge in [-0.05, 0) is 37.6 Å². The monoisotopic (exact) mass is 413 g/mol. The molecule has 0 aliphatic heterocycles. The summed E-state index contributed by atoms with van der Waals surface area (Å²) in [6, 6.07) is 13.3. The molecule has 1 amide bonds. The van der Waals surface area contributed by atoms with Crippen LogP contribution in [-0.2, 0) is 21.2 Å². The van der Waals surface area contributed by atoms with Crippen molar-refractivity contribution < 1.29 is 13.2 Å². The van der Waals surface area contributed by atoms with Gasteiger partial charge in [0.25, 0.3) is 5.56 Å². The molecule has 152 valence electrons. The Morgan fingerprint density at radius 3 is 2.28 bits per heavy atom. The Morgan fingerprint density at radius 1 is 1.10 bits per heavy atom. The number of benzene rings is 2. The standard InChI is InChI=1S/C21H23N3O4S/c1-14-18-7-5-6-8-19(18)21(26)24(22-14)13-20(25)23(3)15(2)16-9-11-17(12-10-16)29(4,27)28/h5-12,15H,13H2,1-4H3/t15-/m0/s1. The zero-order valence-corrected chi connectivity index (χ0v) is 17.6. The van der Waals surface area contributed by atoms with E-state index in [1.807, 2.05) is 19.1 Å². The number of hydrogen-bond donors (Lipinski definition) is 0. The lowest BCUT2D eigenvalue weighted by atomic mass is 10.1. The normalized spacial score (nSPS) is 12.7. The second kappa shape index (κ2) is 7.79. The highest BCUT2D eigenvalue weighted by molar-refractivity contribution is 7.90. The molecular weight excluding hydrogens is 390 g/mol. The molecule has 7 nitrogen and oxygen atoms in total. The molecule has 0 saturated carbocycles. The molecular formula is C21H23N3O4S. The van der Waals surface area contributed by atoms with Crippen molar-refractivity contribution in [3.63, 3.8) is 0 Å². The summed E-state index contributed by atoms with van der Waals surface area (Å²) in [7, 11) is -1.63. The van der Waals surface area contributed by atoms with E-state index < -0.39 is 9.84 Å². The summed E-state index contributed by atoms with van der Waals surface area (Å²) in [5, 5.41) is 5.58. The van der Waals surface area contributed by atoms with Gasteiger partial charge in [0.15, 0.2) is 9.84 Å². The second-order valence-electron chi connectivity index (χ2n) is 7.12. The number of sulfone groups is 1. The van der Waals surface area contributed by atoms with E-state index in [1.165, 1.54) is 21.7 Å². The van der Waals surface area contributed by atoms with E-state index >= 15 is 0 Å². The number of amides is 1. The van der Waals surface area contributed by atoms with Gasteiger partial charge < -0.3 is 4.90 Å². The van der Waals surface area contributed by atoms with Gasteiger partial charge >= 0.3 is 0 Å². The summed E-state index contributed by atoms with van der Waals surface area (Å²) in [5.74, 6) is -0.269. The highest BCUT2D eigenvalue weighted by Gasteiger charge is 2.20. The number of carbonyl (C=O) groups excluding carboxylic acids is 1. The van der Waals surface area contributed by atoms with Gasteiger partial charge in [-0.2, -0.15) is 5.10 Å². The van der Waals surface area contributed by atoms with Crippen LogP contribution in [0.25, 0.3) is 10.8 Å². The van der Waals surface area contributed by atoms with Gasteiger partial charge in [0.2, 0.25) is 5.91 Å². The average molecular weight is 413 g/mol. The SMILES string of the molecule is Cc1nn(CC(=O)N(C)[C@@H](C)c2ccc(S(C)(=O)=O)cc2)c(=O)c2ccccc12. The predicted molar refractivity (Wildman–Crippen MR) is 111 cm³/mol. The first kappa shape index (κ1) is 20.7. The predicted octanol–water partition coefficient (Wildman–Crippen LogP) is 2.33. The van der Waals surface area contributed by atoms with Crippen LogP contribution in [0.15, 0.2) is 58.2 Å². The minimum absolute atomic E-state index is 0.174. The summed E-state index contributed by atoms with van der Waals surface area (Å²) in [6.07, 6.45) is 1.15. The van der Waals surface area contributed by atoms with Crippen molar-refractivity contribution in [1.82, 2.24) is 14.7 Å². The van der Waals surface area contributed by atoms with Crippen molar-refractivity contribution in [2.75, 3.05) is 13.3 Å². The van der Waals surface area contributed by atoms with Crippen molar-refractivity contribution in [3.05, 3.63) is 70.1 Å². The van der Waals surface area contributed by atoms with Crippen LogP contribution in [0.5, 0.6) is 0 Å². The number of likely N-dealkylation sites (N-methyl/N-ethyl adjacent to an activating group) is 1. The minimum Gasteiger partial charge on any atom is -0.337 e. The molecule has 3 rings (SSSR count). The summed E-state index contributed by atoms with van der Waals surface area (Å²) >= 11 is 0. The second-order valence-corrected chi connectivity index (χ2v) is 9.13. The van der Waals surface area contributed by atoms with Crippen LogP contribution in [0.3, 0.4) is 0 Å². The molecule has 0 radical (unpaired) electrons. The van der Waals surface area contributed by atoms with Crippen molar-refractivity contribution in [2.45, 2.75) is 31.3 Å². The van der Waals surface area contributed by atoms with Gasteiger partial charge in [-0.25, -0.2) is 13.1 Å². The first-order chi connectivity index (χ1) is 13.6. The molecule has 0 unspecified atom stereocenters. The van der Waals surface area contributed by atoms with Gasteiger partial charge in [-0.1, -0.05) is 30.3 Å². The Morgan fingerprint density at radius 2 is 1.69 bits per heavy atom. The summed E-state index contributed by atoms with van der Waals surface area (Å²) in [4.78, 5) is 27.2. The third-order valence-electron chi connectivity index (χ3n) is 5.10. The molecule has 0 N–H and O–H groups in total. The lowest BCUT2D eigenvalue weighted by Gasteiger charge is -2.25. The molecule has 8 heteroatoms. The maximum absolute atomic E-state index is 12.8. The number of carbonyl (C=O) groups is 1. The fraction of sp³-hybridized carbons (Fsp3) is 0.286. The average Bonchev–Trinajstić information content (AvgIpc) is 2.70. The Bertz CT molecular complexity index is 1230. The van der Waals surface area contributed by atoms with Gasteiger partial charge in [0.1, 0.15) is 6.54 Å². The lowest BCUT2D eigenvalue weighted by Crippen LogP contribution is -2.36. The van der Waals surface area contributed by atoms with Gasteiger partial charge in [0, 0.05) is 18.7 Å². The Balaban J connectivity index is 1.83. The van der Waals surface area contributed by atoms with Crippen molar-refractivity contribution in [3.8, 4) is 0 Å². The fourth-order valence-corrected chi connectivity index (χ4v) is 3.81. The molecule has 1 heterocycles. The third kappa shape index (κ3) is 4.22. The first-order valence-corrected chi connectivity index (χ1v) is 11.0. The number of rotatable bonds is 5. The number of aromatic nitrogens is 2. The molecule has 2 aromatic carbocycles. The van der Waals surface area contributed by atoms with Crippen LogP contribution in [-0.4, -0.2) is 42.3 Å². The van der Waals surface area contributed by atoms with E-state index in [2.05, 4.69) is 5.10 Å². The lowest BCUT2D eigenvalue weighted by molar-refractivity contribution is -0.132. The largest absolute Gasteiger partial charge is 0.337 e.